The van der Waals surface area contributed by atoms with Crippen LogP contribution in [0.3, 0.4) is 0 Å². The van der Waals surface area contributed by atoms with Crippen LogP contribution < -0.4 is 4.74 Å². The van der Waals surface area contributed by atoms with Gasteiger partial charge in [-0.1, -0.05) is 29.8 Å². The van der Waals surface area contributed by atoms with Gasteiger partial charge in [0.2, 0.25) is 0 Å². The number of ether oxygens (including phenoxy) is 2. The van der Waals surface area contributed by atoms with Crippen molar-refractivity contribution < 1.29 is 24.2 Å². The van der Waals surface area contributed by atoms with Crippen molar-refractivity contribution in [2.45, 2.75) is 12.5 Å². The van der Waals surface area contributed by atoms with Crippen molar-refractivity contribution >= 4 is 29.1 Å². The number of halogens is 1. The molecule has 174 valence electrons. The van der Waals surface area contributed by atoms with Crippen molar-refractivity contribution in [2.75, 3.05) is 46.5 Å². The maximum Gasteiger partial charge on any atom is 0.295 e. The van der Waals surface area contributed by atoms with Gasteiger partial charge in [-0.3, -0.25) is 14.5 Å². The zero-order valence-electron chi connectivity index (χ0n) is 18.5. The first-order valence-corrected chi connectivity index (χ1v) is 11.4. The fourth-order valence-electron chi connectivity index (χ4n) is 4.38. The van der Waals surface area contributed by atoms with Crippen LogP contribution in [0.4, 0.5) is 0 Å². The Kier molecular flexibility index (Phi) is 7.33. The standard InChI is InChI=1S/C25H27ClN2O5/c1-32-20-6-3-2-5-19(20)22-21(23(29)17-7-9-18(26)10-8-17)24(30)25(31)28(22)12-4-11-27-13-15-33-16-14-27/h2-3,5-10,22,29H,4,11-16H2,1H3/t22-/m0/s1. The molecule has 1 N–H and O–H groups in total. The number of hydrogen-bond acceptors (Lipinski definition) is 6. The molecule has 2 fully saturated rings. The third-order valence-electron chi connectivity index (χ3n) is 6.07. The summed E-state index contributed by atoms with van der Waals surface area (Å²) >= 11 is 5.98. The molecule has 2 aromatic carbocycles. The van der Waals surface area contributed by atoms with Gasteiger partial charge in [0.15, 0.2) is 0 Å². The Morgan fingerprint density at radius 1 is 1.09 bits per heavy atom. The fraction of sp³-hybridized carbons (Fsp3) is 0.360. The van der Waals surface area contributed by atoms with Gasteiger partial charge in [0.1, 0.15) is 11.5 Å². The summed E-state index contributed by atoms with van der Waals surface area (Å²) in [5, 5.41) is 11.6. The summed E-state index contributed by atoms with van der Waals surface area (Å²) in [7, 11) is 1.54. The van der Waals surface area contributed by atoms with Crippen molar-refractivity contribution in [3.8, 4) is 5.75 Å². The molecule has 0 unspecified atom stereocenters. The number of rotatable bonds is 7. The summed E-state index contributed by atoms with van der Waals surface area (Å²) < 4.78 is 10.9. The molecule has 0 aliphatic carbocycles. The Bertz CT molecular complexity index is 1050. The highest BCUT2D eigenvalue weighted by atomic mass is 35.5. The zero-order chi connectivity index (χ0) is 23.4. The van der Waals surface area contributed by atoms with Crippen LogP contribution in [0.2, 0.25) is 5.02 Å². The molecule has 7 nitrogen and oxygen atoms in total. The Labute approximate surface area is 198 Å². The van der Waals surface area contributed by atoms with E-state index in [1.54, 1.807) is 42.3 Å². The van der Waals surface area contributed by atoms with E-state index in [-0.39, 0.29) is 11.3 Å². The van der Waals surface area contributed by atoms with Gasteiger partial charge in [0, 0.05) is 42.3 Å². The topological polar surface area (TPSA) is 79.3 Å². The van der Waals surface area contributed by atoms with Crippen LogP contribution in [-0.4, -0.2) is 73.1 Å². The lowest BCUT2D eigenvalue weighted by Crippen LogP contribution is -2.39. The molecule has 8 heteroatoms. The van der Waals surface area contributed by atoms with Gasteiger partial charge in [0.25, 0.3) is 11.7 Å². The molecule has 2 aliphatic heterocycles. The highest BCUT2D eigenvalue weighted by molar-refractivity contribution is 6.46. The average Bonchev–Trinajstić information content (AvgIpc) is 3.09. The Hall–Kier alpha value is -2.87. The maximum absolute atomic E-state index is 13.1. The van der Waals surface area contributed by atoms with Gasteiger partial charge in [-0.05, 0) is 36.8 Å². The first-order valence-electron chi connectivity index (χ1n) is 11.0. The maximum atomic E-state index is 13.1. The largest absolute Gasteiger partial charge is 0.507 e. The van der Waals surface area contributed by atoms with Gasteiger partial charge in [-0.25, -0.2) is 0 Å². The molecule has 0 saturated carbocycles. The van der Waals surface area contributed by atoms with Crippen LogP contribution in [-0.2, 0) is 14.3 Å². The van der Waals surface area contributed by atoms with Crippen molar-refractivity contribution in [1.82, 2.24) is 9.80 Å². The number of morpholine rings is 1. The lowest BCUT2D eigenvalue weighted by atomic mass is 9.94. The second kappa shape index (κ2) is 10.4. The summed E-state index contributed by atoms with van der Waals surface area (Å²) in [6.07, 6.45) is 0.694. The quantitative estimate of drug-likeness (QED) is 0.379. The molecule has 0 bridgehead atoms. The van der Waals surface area contributed by atoms with Crippen LogP contribution >= 0.6 is 11.6 Å². The smallest absolute Gasteiger partial charge is 0.295 e. The Balaban J connectivity index is 1.70. The monoisotopic (exact) mass is 470 g/mol. The molecule has 2 saturated heterocycles. The summed E-state index contributed by atoms with van der Waals surface area (Å²) in [6.45, 7) is 4.28. The number of benzene rings is 2. The Morgan fingerprint density at radius 2 is 1.79 bits per heavy atom. The minimum Gasteiger partial charge on any atom is -0.507 e. The van der Waals surface area contributed by atoms with Crippen molar-refractivity contribution in [2.24, 2.45) is 0 Å². The third-order valence-corrected chi connectivity index (χ3v) is 6.32. The summed E-state index contributed by atoms with van der Waals surface area (Å²) in [5.74, 6) is -1.01. The van der Waals surface area contributed by atoms with Crippen molar-refractivity contribution in [3.05, 3.63) is 70.3 Å². The molecule has 0 radical (unpaired) electrons. The number of ketones is 1. The second-order valence-corrected chi connectivity index (χ2v) is 8.49. The van der Waals surface area contributed by atoms with Gasteiger partial charge in [0.05, 0.1) is 31.9 Å². The first-order chi connectivity index (χ1) is 16.0. The lowest BCUT2D eigenvalue weighted by Gasteiger charge is -2.29. The molecule has 2 aliphatic rings. The summed E-state index contributed by atoms with van der Waals surface area (Å²) in [6, 6.07) is 13.0. The number of aliphatic hydroxyl groups is 1. The van der Waals surface area contributed by atoms with Gasteiger partial charge >= 0.3 is 0 Å². The highest BCUT2D eigenvalue weighted by Gasteiger charge is 2.46. The molecule has 1 amide bonds. The molecule has 1 atom stereocenters. The van der Waals surface area contributed by atoms with Crippen LogP contribution in [0.5, 0.6) is 5.75 Å². The molecular formula is C25H27ClN2O5. The minimum absolute atomic E-state index is 0.0539. The van der Waals surface area contributed by atoms with E-state index >= 15 is 0 Å². The van der Waals surface area contributed by atoms with E-state index in [9.17, 15) is 14.7 Å². The number of carbonyl (C=O) groups excluding carboxylic acids is 2. The fourth-order valence-corrected chi connectivity index (χ4v) is 4.50. The number of nitrogens with zero attached hydrogens (tertiary/aromatic N) is 2. The second-order valence-electron chi connectivity index (χ2n) is 8.05. The van der Waals surface area contributed by atoms with Gasteiger partial charge in [-0.2, -0.15) is 0 Å². The molecule has 2 aromatic rings. The van der Waals surface area contributed by atoms with Gasteiger partial charge in [-0.15, -0.1) is 0 Å². The number of carbonyl (C=O) groups is 2. The van der Waals surface area contributed by atoms with Crippen LogP contribution in [0.25, 0.3) is 5.76 Å². The summed E-state index contributed by atoms with van der Waals surface area (Å²) in [4.78, 5) is 30.1. The van der Waals surface area contributed by atoms with Crippen LogP contribution in [0, 0.1) is 0 Å². The molecule has 2 heterocycles. The zero-order valence-corrected chi connectivity index (χ0v) is 19.3. The minimum atomic E-state index is -0.749. The number of para-hydroxylation sites is 1. The molecule has 0 aromatic heterocycles. The highest BCUT2D eigenvalue weighted by Crippen LogP contribution is 2.42. The van der Waals surface area contributed by atoms with E-state index < -0.39 is 17.7 Å². The summed E-state index contributed by atoms with van der Waals surface area (Å²) in [5.41, 5.74) is 1.13. The van der Waals surface area contributed by atoms with E-state index in [1.165, 1.54) is 0 Å². The number of methoxy groups -OCH3 is 1. The average molecular weight is 471 g/mol. The van der Waals surface area contributed by atoms with Crippen molar-refractivity contribution in [3.63, 3.8) is 0 Å². The number of Topliss-reactive ketones (excluding diaryl/α,β-unsaturated/α-hetero) is 1. The molecule has 4 rings (SSSR count). The normalized spacial score (nSPS) is 20.9. The molecular weight excluding hydrogens is 444 g/mol. The number of hydrogen-bond donors (Lipinski definition) is 1. The van der Waals surface area contributed by atoms with Crippen molar-refractivity contribution in [1.29, 1.82) is 0 Å². The SMILES string of the molecule is COc1ccccc1[C@H]1C(=C(O)c2ccc(Cl)cc2)C(=O)C(=O)N1CCCN1CCOCC1. The first kappa shape index (κ1) is 23.3. The predicted molar refractivity (Wildman–Crippen MR) is 125 cm³/mol. The predicted octanol–water partition coefficient (Wildman–Crippen LogP) is 3.49. The van der Waals surface area contributed by atoms with Gasteiger partial charge < -0.3 is 19.5 Å². The van der Waals surface area contributed by atoms with E-state index in [0.29, 0.717) is 48.1 Å². The number of aliphatic hydroxyl groups excluding tert-OH is 1. The van der Waals surface area contributed by atoms with E-state index in [4.69, 9.17) is 21.1 Å². The lowest BCUT2D eigenvalue weighted by molar-refractivity contribution is -0.140. The molecule has 0 spiro atoms. The Morgan fingerprint density at radius 3 is 2.48 bits per heavy atom. The third kappa shape index (κ3) is 4.90. The van der Waals surface area contributed by atoms with E-state index in [0.717, 1.165) is 19.6 Å². The number of likely N-dealkylation sites (tertiary alicyclic amines) is 1. The molecule has 33 heavy (non-hydrogen) atoms. The van der Waals surface area contributed by atoms with Crippen LogP contribution in [0.1, 0.15) is 23.6 Å². The van der Waals surface area contributed by atoms with E-state index in [1.807, 2.05) is 18.2 Å². The number of amides is 1. The van der Waals surface area contributed by atoms with E-state index in [2.05, 4.69) is 4.90 Å². The van der Waals surface area contributed by atoms with Crippen LogP contribution in [0.15, 0.2) is 54.1 Å².